The first-order chi connectivity index (χ1) is 15.3. The molecule has 0 aliphatic carbocycles. The number of imidazole rings is 1. The Morgan fingerprint density at radius 2 is 2.16 bits per heavy atom. The molecule has 1 amide bonds. The summed E-state index contributed by atoms with van der Waals surface area (Å²) in [5.74, 6) is 0.870. The molecule has 0 spiro atoms. The summed E-state index contributed by atoms with van der Waals surface area (Å²) in [6.07, 6.45) is 5.69. The highest BCUT2D eigenvalue weighted by Gasteiger charge is 2.25. The lowest BCUT2D eigenvalue weighted by molar-refractivity contribution is 0.0980. The van der Waals surface area contributed by atoms with Gasteiger partial charge in [0.1, 0.15) is 11.5 Å². The number of benzene rings is 1. The molecule has 2 N–H and O–H groups in total. The van der Waals surface area contributed by atoms with Gasteiger partial charge in [0.05, 0.1) is 31.7 Å². The monoisotopic (exact) mass is 434 g/mol. The Morgan fingerprint density at radius 1 is 1.31 bits per heavy atom. The zero-order valence-electron chi connectivity index (χ0n) is 19.1. The molecule has 1 aliphatic rings. The van der Waals surface area contributed by atoms with Gasteiger partial charge in [0.2, 0.25) is 5.95 Å². The van der Waals surface area contributed by atoms with Crippen molar-refractivity contribution in [3.63, 3.8) is 0 Å². The third-order valence-electron chi connectivity index (χ3n) is 5.57. The molecule has 32 heavy (non-hydrogen) atoms. The summed E-state index contributed by atoms with van der Waals surface area (Å²) in [6.45, 7) is 10.2. The first-order valence-electron chi connectivity index (χ1n) is 10.9. The summed E-state index contributed by atoms with van der Waals surface area (Å²) in [5, 5.41) is 3.32. The maximum atomic E-state index is 13.5. The van der Waals surface area contributed by atoms with E-state index >= 15 is 0 Å². The number of carbonyl (C=O) groups is 1. The first kappa shape index (κ1) is 22.0. The third kappa shape index (κ3) is 4.96. The lowest BCUT2D eigenvalue weighted by Crippen LogP contribution is -2.33. The summed E-state index contributed by atoms with van der Waals surface area (Å²) >= 11 is 0. The zero-order valence-corrected chi connectivity index (χ0v) is 19.1. The predicted octanol–water partition coefficient (Wildman–Crippen LogP) is 3.85. The molecule has 1 atom stereocenters. The van der Waals surface area contributed by atoms with Gasteiger partial charge in [0.25, 0.3) is 5.91 Å². The van der Waals surface area contributed by atoms with E-state index in [-0.39, 0.29) is 17.4 Å². The minimum Gasteiger partial charge on any atom is -0.379 e. The normalized spacial score (nSPS) is 16.2. The molecule has 0 saturated carbocycles. The van der Waals surface area contributed by atoms with Crippen molar-refractivity contribution in [3.05, 3.63) is 65.4 Å². The van der Waals surface area contributed by atoms with Gasteiger partial charge in [-0.25, -0.2) is 9.97 Å². The molecule has 1 aliphatic heterocycles. The molecule has 0 bridgehead atoms. The number of hydrogen-bond acceptors (Lipinski definition) is 6. The first-order valence-corrected chi connectivity index (χ1v) is 10.9. The average Bonchev–Trinajstić information content (AvgIpc) is 3.47. The number of amides is 1. The van der Waals surface area contributed by atoms with Gasteiger partial charge in [-0.2, -0.15) is 4.98 Å². The molecule has 3 heterocycles. The molecular formula is C24H30N6O2. The van der Waals surface area contributed by atoms with Crippen LogP contribution in [0.15, 0.2) is 43.0 Å². The summed E-state index contributed by atoms with van der Waals surface area (Å²) in [7, 11) is 0. The Morgan fingerprint density at radius 3 is 2.84 bits per heavy atom. The van der Waals surface area contributed by atoms with Gasteiger partial charge < -0.3 is 15.0 Å². The standard InChI is InChI=1S/C24H30N6O2/c1-16-11-26-23(28-19-8-9-32-14-19)29-21(16)30(22(31)20-12-25-15-27-20)13-17-6-5-7-18(10-17)24(2,3)4/h5-7,10-12,15,19H,8-9,13-14H2,1-4H3,(H,25,27)(H,26,28,29)/t19-/m0/s1. The molecule has 0 radical (unpaired) electrons. The number of H-pyrrole nitrogens is 1. The fraction of sp³-hybridized carbons (Fsp3) is 0.417. The second-order valence-electron chi connectivity index (χ2n) is 9.21. The van der Waals surface area contributed by atoms with Crippen molar-refractivity contribution in [2.45, 2.75) is 52.1 Å². The van der Waals surface area contributed by atoms with Gasteiger partial charge in [0.15, 0.2) is 0 Å². The molecule has 1 fully saturated rings. The summed E-state index contributed by atoms with van der Waals surface area (Å²) in [5.41, 5.74) is 3.49. The van der Waals surface area contributed by atoms with E-state index in [1.165, 1.54) is 18.1 Å². The molecule has 4 rings (SSSR count). The summed E-state index contributed by atoms with van der Waals surface area (Å²) in [6, 6.07) is 8.51. The number of aryl methyl sites for hydroxylation is 1. The molecule has 3 aromatic rings. The van der Waals surface area contributed by atoms with Crippen LogP contribution >= 0.6 is 0 Å². The van der Waals surface area contributed by atoms with Crippen molar-refractivity contribution in [2.75, 3.05) is 23.4 Å². The molecule has 8 nitrogen and oxygen atoms in total. The van der Waals surface area contributed by atoms with E-state index in [1.54, 1.807) is 11.1 Å². The number of hydrogen-bond donors (Lipinski definition) is 2. The maximum absolute atomic E-state index is 13.5. The van der Waals surface area contributed by atoms with E-state index < -0.39 is 0 Å². The second kappa shape index (κ2) is 9.08. The fourth-order valence-electron chi connectivity index (χ4n) is 3.69. The van der Waals surface area contributed by atoms with Crippen molar-refractivity contribution in [3.8, 4) is 0 Å². The Balaban J connectivity index is 1.69. The van der Waals surface area contributed by atoms with Gasteiger partial charge in [-0.15, -0.1) is 0 Å². The van der Waals surface area contributed by atoms with E-state index in [1.807, 2.05) is 19.1 Å². The highest BCUT2D eigenvalue weighted by atomic mass is 16.5. The maximum Gasteiger partial charge on any atom is 0.277 e. The van der Waals surface area contributed by atoms with E-state index in [2.05, 4.69) is 53.2 Å². The average molecular weight is 435 g/mol. The van der Waals surface area contributed by atoms with Gasteiger partial charge in [-0.1, -0.05) is 45.0 Å². The number of ether oxygens (including phenoxy) is 1. The number of rotatable bonds is 6. The van der Waals surface area contributed by atoms with E-state index in [0.717, 1.165) is 24.2 Å². The van der Waals surface area contributed by atoms with Crippen LogP contribution in [0.5, 0.6) is 0 Å². The summed E-state index contributed by atoms with van der Waals surface area (Å²) < 4.78 is 5.44. The zero-order chi connectivity index (χ0) is 22.7. The number of anilines is 2. The highest BCUT2D eigenvalue weighted by Crippen LogP contribution is 2.26. The van der Waals surface area contributed by atoms with Crippen LogP contribution in [-0.4, -0.2) is 45.1 Å². The molecule has 1 saturated heterocycles. The van der Waals surface area contributed by atoms with Crippen LogP contribution in [0.3, 0.4) is 0 Å². The van der Waals surface area contributed by atoms with Crippen LogP contribution in [0.25, 0.3) is 0 Å². The van der Waals surface area contributed by atoms with Gasteiger partial charge in [0, 0.05) is 18.4 Å². The minimum absolute atomic E-state index is 0.0134. The topological polar surface area (TPSA) is 96.0 Å². The molecule has 168 valence electrons. The molecular weight excluding hydrogens is 404 g/mol. The highest BCUT2D eigenvalue weighted by molar-refractivity contribution is 6.04. The predicted molar refractivity (Wildman–Crippen MR) is 124 cm³/mol. The van der Waals surface area contributed by atoms with Crippen LogP contribution in [0, 0.1) is 6.92 Å². The SMILES string of the molecule is Cc1cnc(N[C@H]2CCOC2)nc1N(Cc1cccc(C(C)(C)C)c1)C(=O)c1cnc[nH]1. The number of nitrogens with zero attached hydrogens (tertiary/aromatic N) is 4. The van der Waals surface area contributed by atoms with Crippen LogP contribution < -0.4 is 10.2 Å². The van der Waals surface area contributed by atoms with E-state index in [9.17, 15) is 4.79 Å². The Bertz CT molecular complexity index is 1070. The van der Waals surface area contributed by atoms with Crippen molar-refractivity contribution in [2.24, 2.45) is 0 Å². The fourth-order valence-corrected chi connectivity index (χ4v) is 3.69. The van der Waals surface area contributed by atoms with Gasteiger partial charge >= 0.3 is 0 Å². The largest absolute Gasteiger partial charge is 0.379 e. The Kier molecular flexibility index (Phi) is 6.23. The number of nitrogens with one attached hydrogen (secondary N) is 2. The van der Waals surface area contributed by atoms with Crippen LogP contribution in [-0.2, 0) is 16.7 Å². The van der Waals surface area contributed by atoms with Crippen molar-refractivity contribution in [1.82, 2.24) is 19.9 Å². The van der Waals surface area contributed by atoms with Crippen LogP contribution in [0.1, 0.15) is 54.4 Å². The van der Waals surface area contributed by atoms with Gasteiger partial charge in [-0.3, -0.25) is 9.69 Å². The lowest BCUT2D eigenvalue weighted by Gasteiger charge is -2.25. The molecule has 8 heteroatoms. The lowest BCUT2D eigenvalue weighted by atomic mass is 9.86. The van der Waals surface area contributed by atoms with E-state index in [0.29, 0.717) is 30.6 Å². The molecule has 0 unspecified atom stereocenters. The smallest absolute Gasteiger partial charge is 0.277 e. The summed E-state index contributed by atoms with van der Waals surface area (Å²) in [4.78, 5) is 31.2. The molecule has 1 aromatic carbocycles. The van der Waals surface area contributed by atoms with E-state index in [4.69, 9.17) is 9.72 Å². The third-order valence-corrected chi connectivity index (χ3v) is 5.57. The van der Waals surface area contributed by atoms with Gasteiger partial charge in [-0.05, 0) is 29.9 Å². The quantitative estimate of drug-likeness (QED) is 0.612. The number of aromatic nitrogens is 4. The minimum atomic E-state index is -0.194. The van der Waals surface area contributed by atoms with Crippen LogP contribution in [0.2, 0.25) is 0 Å². The van der Waals surface area contributed by atoms with Crippen molar-refractivity contribution < 1.29 is 9.53 Å². The Labute approximate surface area is 188 Å². The number of aromatic amines is 1. The number of carbonyl (C=O) groups excluding carboxylic acids is 1. The second-order valence-corrected chi connectivity index (χ2v) is 9.21. The Hall–Kier alpha value is -3.26. The van der Waals surface area contributed by atoms with Crippen molar-refractivity contribution >= 4 is 17.7 Å². The molecule has 2 aromatic heterocycles. The van der Waals surface area contributed by atoms with Crippen LogP contribution in [0.4, 0.5) is 11.8 Å². The van der Waals surface area contributed by atoms with Crippen molar-refractivity contribution in [1.29, 1.82) is 0 Å².